The molecule has 2 N–H and O–H groups in total. The van der Waals surface area contributed by atoms with Crippen molar-refractivity contribution in [2.75, 3.05) is 11.1 Å². The molecule has 1 aromatic heterocycles. The molecular weight excluding hydrogens is 434 g/mol. The first-order valence-electron chi connectivity index (χ1n) is 9.83. The Hall–Kier alpha value is -2.84. The largest absolute Gasteiger partial charge is 0.345 e. The van der Waals surface area contributed by atoms with Crippen LogP contribution in [0, 0.1) is 13.8 Å². The number of hydrogen-bond acceptors (Lipinski definition) is 5. The second-order valence-corrected chi connectivity index (χ2v) is 8.29. The maximum Gasteiger partial charge on any atom is 0.251 e. The predicted molar refractivity (Wildman–Crippen MR) is 124 cm³/mol. The van der Waals surface area contributed by atoms with Crippen LogP contribution in [0.3, 0.4) is 0 Å². The van der Waals surface area contributed by atoms with Gasteiger partial charge in [0.25, 0.3) is 5.91 Å². The average Bonchev–Trinajstić information content (AvgIpc) is 3.15. The van der Waals surface area contributed by atoms with Gasteiger partial charge >= 0.3 is 0 Å². The summed E-state index contributed by atoms with van der Waals surface area (Å²) < 4.78 is 1.89. The Morgan fingerprint density at radius 2 is 1.90 bits per heavy atom. The highest BCUT2D eigenvalue weighted by molar-refractivity contribution is 7.99. The molecule has 0 radical (unpaired) electrons. The summed E-state index contributed by atoms with van der Waals surface area (Å²) in [6.45, 7) is 6.64. The van der Waals surface area contributed by atoms with Gasteiger partial charge in [0.1, 0.15) is 0 Å². The second-order valence-electron chi connectivity index (χ2n) is 6.94. The van der Waals surface area contributed by atoms with E-state index < -0.39 is 0 Å². The van der Waals surface area contributed by atoms with Gasteiger partial charge in [-0.3, -0.25) is 9.59 Å². The van der Waals surface area contributed by atoms with E-state index in [1.165, 1.54) is 11.8 Å². The maximum absolute atomic E-state index is 12.4. The minimum Gasteiger partial charge on any atom is -0.345 e. The van der Waals surface area contributed by atoms with Crippen LogP contribution in [0.4, 0.5) is 5.69 Å². The zero-order valence-corrected chi connectivity index (χ0v) is 19.2. The Morgan fingerprint density at radius 1 is 1.13 bits per heavy atom. The lowest BCUT2D eigenvalue weighted by molar-refractivity contribution is -0.113. The van der Waals surface area contributed by atoms with Crippen molar-refractivity contribution in [2.24, 2.45) is 0 Å². The van der Waals surface area contributed by atoms with E-state index in [0.717, 1.165) is 11.1 Å². The summed E-state index contributed by atoms with van der Waals surface area (Å²) in [7, 11) is 0. The number of carbonyl (C=O) groups excluding carboxylic acids is 2. The molecule has 31 heavy (non-hydrogen) atoms. The van der Waals surface area contributed by atoms with Crippen LogP contribution in [0.5, 0.6) is 0 Å². The van der Waals surface area contributed by atoms with Gasteiger partial charge in [0.15, 0.2) is 11.0 Å². The molecule has 0 atom stereocenters. The summed E-state index contributed by atoms with van der Waals surface area (Å²) in [5.74, 6) is 0.493. The molecular formula is C22H24ClN5O2S. The maximum atomic E-state index is 12.4. The molecule has 3 rings (SSSR count). The highest BCUT2D eigenvalue weighted by Gasteiger charge is 2.15. The predicted octanol–water partition coefficient (Wildman–Crippen LogP) is 4.23. The lowest BCUT2D eigenvalue weighted by Gasteiger charge is -2.10. The van der Waals surface area contributed by atoms with E-state index in [2.05, 4.69) is 20.8 Å². The van der Waals surface area contributed by atoms with Gasteiger partial charge < -0.3 is 15.2 Å². The number of carbonyl (C=O) groups is 2. The molecule has 2 aromatic carbocycles. The van der Waals surface area contributed by atoms with Gasteiger partial charge in [-0.05, 0) is 50.6 Å². The van der Waals surface area contributed by atoms with Crippen molar-refractivity contribution in [3.05, 3.63) is 70.0 Å². The number of nitrogens with one attached hydrogen (secondary N) is 2. The molecule has 9 heteroatoms. The van der Waals surface area contributed by atoms with Crippen LogP contribution in [-0.2, 0) is 17.9 Å². The van der Waals surface area contributed by atoms with Crippen molar-refractivity contribution in [2.45, 2.75) is 39.0 Å². The third-order valence-corrected chi connectivity index (χ3v) is 6.05. The number of amides is 2. The molecule has 0 unspecified atom stereocenters. The van der Waals surface area contributed by atoms with E-state index >= 15 is 0 Å². The molecule has 0 saturated carbocycles. The Labute approximate surface area is 190 Å². The van der Waals surface area contributed by atoms with Gasteiger partial charge in [-0.25, -0.2) is 0 Å². The normalized spacial score (nSPS) is 10.7. The Bertz CT molecular complexity index is 1100. The number of thioether (sulfide) groups is 1. The van der Waals surface area contributed by atoms with Crippen molar-refractivity contribution < 1.29 is 9.59 Å². The zero-order valence-electron chi connectivity index (χ0n) is 17.6. The third-order valence-electron chi connectivity index (χ3n) is 4.67. The molecule has 7 nitrogen and oxygen atoms in total. The monoisotopic (exact) mass is 457 g/mol. The molecule has 0 aliphatic heterocycles. The molecule has 0 aliphatic rings. The fourth-order valence-electron chi connectivity index (χ4n) is 2.98. The number of nitrogens with zero attached hydrogens (tertiary/aromatic N) is 3. The Balaban J connectivity index is 1.58. The lowest BCUT2D eigenvalue weighted by Crippen LogP contribution is -2.25. The van der Waals surface area contributed by atoms with Crippen LogP contribution in [0.15, 0.2) is 47.6 Å². The van der Waals surface area contributed by atoms with Crippen LogP contribution >= 0.6 is 23.4 Å². The van der Waals surface area contributed by atoms with Crippen LogP contribution in [0.1, 0.15) is 34.2 Å². The van der Waals surface area contributed by atoms with Crippen LogP contribution < -0.4 is 10.6 Å². The third kappa shape index (κ3) is 5.86. The molecule has 0 fully saturated rings. The first-order chi connectivity index (χ1) is 14.9. The number of halogens is 1. The van der Waals surface area contributed by atoms with Gasteiger partial charge in [-0.1, -0.05) is 47.1 Å². The number of rotatable bonds is 8. The fourth-order valence-corrected chi connectivity index (χ4v) is 3.98. The molecule has 1 heterocycles. The van der Waals surface area contributed by atoms with Gasteiger partial charge in [0.05, 0.1) is 12.3 Å². The highest BCUT2D eigenvalue weighted by atomic mass is 35.5. The van der Waals surface area contributed by atoms with E-state index in [1.807, 2.05) is 49.6 Å². The van der Waals surface area contributed by atoms with Crippen LogP contribution in [-0.4, -0.2) is 32.3 Å². The van der Waals surface area contributed by atoms with Crippen LogP contribution in [0.25, 0.3) is 0 Å². The molecule has 2 amide bonds. The number of anilines is 1. The van der Waals surface area contributed by atoms with E-state index in [4.69, 9.17) is 11.6 Å². The first-order valence-corrected chi connectivity index (χ1v) is 11.2. The van der Waals surface area contributed by atoms with E-state index in [0.29, 0.717) is 33.8 Å². The van der Waals surface area contributed by atoms with Crippen molar-refractivity contribution in [1.82, 2.24) is 20.1 Å². The molecule has 0 saturated heterocycles. The molecule has 0 bridgehead atoms. The molecule has 162 valence electrons. The summed E-state index contributed by atoms with van der Waals surface area (Å²) in [4.78, 5) is 24.7. The lowest BCUT2D eigenvalue weighted by atomic mass is 10.1. The summed E-state index contributed by atoms with van der Waals surface area (Å²) in [6.07, 6.45) is 0. The number of aromatic nitrogens is 3. The highest BCUT2D eigenvalue weighted by Crippen LogP contribution is 2.24. The van der Waals surface area contributed by atoms with E-state index in [-0.39, 0.29) is 24.1 Å². The zero-order chi connectivity index (χ0) is 22.4. The number of aryl methyl sites for hydroxylation is 1. The smallest absolute Gasteiger partial charge is 0.251 e. The van der Waals surface area contributed by atoms with Crippen molar-refractivity contribution in [3.63, 3.8) is 0 Å². The van der Waals surface area contributed by atoms with Gasteiger partial charge in [0.2, 0.25) is 5.91 Å². The molecule has 0 spiro atoms. The Kier molecular flexibility index (Phi) is 7.70. The fraction of sp³-hybridized carbons (Fsp3) is 0.273. The summed E-state index contributed by atoms with van der Waals surface area (Å²) in [6, 6.07) is 12.8. The summed E-state index contributed by atoms with van der Waals surface area (Å²) in [5, 5.41) is 15.3. The minimum absolute atomic E-state index is 0.157. The van der Waals surface area contributed by atoms with E-state index in [9.17, 15) is 9.59 Å². The van der Waals surface area contributed by atoms with E-state index in [1.54, 1.807) is 18.2 Å². The average molecular weight is 458 g/mol. The second kappa shape index (κ2) is 10.5. The first kappa shape index (κ1) is 22.8. The van der Waals surface area contributed by atoms with Gasteiger partial charge in [-0.15, -0.1) is 10.2 Å². The van der Waals surface area contributed by atoms with Gasteiger partial charge in [0, 0.05) is 22.8 Å². The molecule has 3 aromatic rings. The quantitative estimate of drug-likeness (QED) is 0.494. The van der Waals surface area contributed by atoms with Gasteiger partial charge in [-0.2, -0.15) is 0 Å². The molecule has 0 aliphatic carbocycles. The SMILES string of the molecule is CCn1c(CNC(=O)c2cccc(C)c2)nnc1SCC(=O)Nc1cccc(Cl)c1C. The number of hydrogen-bond donors (Lipinski definition) is 2. The summed E-state index contributed by atoms with van der Waals surface area (Å²) >= 11 is 7.40. The van der Waals surface area contributed by atoms with Crippen molar-refractivity contribution in [3.8, 4) is 0 Å². The van der Waals surface area contributed by atoms with Crippen molar-refractivity contribution >= 4 is 40.9 Å². The standard InChI is InChI=1S/C22H24ClN5O2S/c1-4-28-19(12-24-21(30)16-8-5-7-14(2)11-16)26-27-22(28)31-13-20(29)25-18-10-6-9-17(23)15(18)3/h5-11H,4,12-13H2,1-3H3,(H,24,30)(H,25,29). The van der Waals surface area contributed by atoms with Crippen LogP contribution in [0.2, 0.25) is 5.02 Å². The minimum atomic E-state index is -0.167. The topological polar surface area (TPSA) is 88.9 Å². The number of benzene rings is 2. The summed E-state index contributed by atoms with van der Waals surface area (Å²) in [5.41, 5.74) is 3.14. The Morgan fingerprint density at radius 3 is 2.65 bits per heavy atom. The van der Waals surface area contributed by atoms with Crippen molar-refractivity contribution in [1.29, 1.82) is 0 Å².